The summed E-state index contributed by atoms with van der Waals surface area (Å²) in [6, 6.07) is 7.73. The first kappa shape index (κ1) is 18.7. The molecule has 0 aliphatic carbocycles. The summed E-state index contributed by atoms with van der Waals surface area (Å²) in [7, 11) is 0. The minimum absolute atomic E-state index is 0.129. The highest BCUT2D eigenvalue weighted by Crippen LogP contribution is 2.35. The van der Waals surface area contributed by atoms with Crippen LogP contribution >= 0.6 is 0 Å². The van der Waals surface area contributed by atoms with Gasteiger partial charge in [0, 0.05) is 11.8 Å². The first-order valence-corrected chi connectivity index (χ1v) is 7.58. The summed E-state index contributed by atoms with van der Waals surface area (Å²) in [6.45, 7) is 0. The molecule has 0 aliphatic heterocycles. The van der Waals surface area contributed by atoms with Gasteiger partial charge in [-0.15, -0.1) is 5.10 Å². The van der Waals surface area contributed by atoms with Crippen LogP contribution in [0.4, 0.5) is 26.3 Å². The predicted molar refractivity (Wildman–Crippen MR) is 87.2 cm³/mol. The van der Waals surface area contributed by atoms with Gasteiger partial charge in [-0.2, -0.15) is 26.3 Å². The van der Waals surface area contributed by atoms with Gasteiger partial charge in [-0.25, -0.2) is 0 Å². The van der Waals surface area contributed by atoms with Crippen LogP contribution in [0, 0.1) is 0 Å². The van der Waals surface area contributed by atoms with E-state index in [1.165, 1.54) is 36.5 Å². The van der Waals surface area contributed by atoms with Crippen molar-refractivity contribution in [2.75, 3.05) is 0 Å². The second kappa shape index (κ2) is 6.90. The van der Waals surface area contributed by atoms with Crippen molar-refractivity contribution in [1.29, 1.82) is 0 Å². The number of aromatic nitrogens is 3. The Morgan fingerprint density at radius 2 is 1.63 bits per heavy atom. The number of hydrogen-bond acceptors (Lipinski definition) is 2. The van der Waals surface area contributed by atoms with Crippen molar-refractivity contribution in [3.8, 4) is 11.3 Å². The van der Waals surface area contributed by atoms with Gasteiger partial charge in [0.15, 0.2) is 0 Å². The second-order valence-electron chi connectivity index (χ2n) is 5.62. The van der Waals surface area contributed by atoms with E-state index in [1.807, 2.05) is 0 Å². The molecule has 0 unspecified atom stereocenters. The molecule has 2 aromatic carbocycles. The minimum Gasteiger partial charge on any atom is -0.265 e. The molecule has 0 radical (unpaired) electrons. The number of alkyl halides is 6. The molecule has 0 aliphatic rings. The van der Waals surface area contributed by atoms with Gasteiger partial charge >= 0.3 is 12.4 Å². The van der Waals surface area contributed by atoms with Crippen LogP contribution in [-0.4, -0.2) is 15.4 Å². The molecule has 0 saturated carbocycles. The SMILES string of the molecule is FC(F)(F)c1cccc(/C=C/c2cc(-c3c[nH]nn3)ccc2C(F)(F)F)c1. The normalized spacial score (nSPS) is 12.7. The number of aromatic amines is 1. The molecule has 0 bridgehead atoms. The molecule has 140 valence electrons. The van der Waals surface area contributed by atoms with Gasteiger partial charge < -0.3 is 0 Å². The molecule has 0 fully saturated rings. The van der Waals surface area contributed by atoms with E-state index in [9.17, 15) is 26.3 Å². The van der Waals surface area contributed by atoms with Crippen molar-refractivity contribution in [2.24, 2.45) is 0 Å². The molecule has 0 spiro atoms. The van der Waals surface area contributed by atoms with E-state index in [-0.39, 0.29) is 11.1 Å². The van der Waals surface area contributed by atoms with Gasteiger partial charge in [-0.3, -0.25) is 5.10 Å². The standard InChI is InChI=1S/C18H11F6N3/c19-17(20,21)14-3-1-2-11(8-14)4-5-12-9-13(16-10-25-27-26-16)6-7-15(12)18(22,23)24/h1-10H,(H,25,26,27)/b5-4+. The van der Waals surface area contributed by atoms with Crippen molar-refractivity contribution in [3.63, 3.8) is 0 Å². The number of hydrogen-bond donors (Lipinski definition) is 1. The van der Waals surface area contributed by atoms with Crippen LogP contribution in [0.15, 0.2) is 48.7 Å². The van der Waals surface area contributed by atoms with Crippen LogP contribution in [0.2, 0.25) is 0 Å². The van der Waals surface area contributed by atoms with E-state index in [4.69, 9.17) is 0 Å². The zero-order valence-corrected chi connectivity index (χ0v) is 13.4. The fraction of sp³-hybridized carbons (Fsp3) is 0.111. The van der Waals surface area contributed by atoms with E-state index in [1.54, 1.807) is 0 Å². The monoisotopic (exact) mass is 383 g/mol. The third kappa shape index (κ3) is 4.36. The molecular formula is C18H11F6N3. The van der Waals surface area contributed by atoms with Crippen molar-refractivity contribution in [3.05, 3.63) is 70.9 Å². The highest BCUT2D eigenvalue weighted by molar-refractivity contribution is 5.75. The van der Waals surface area contributed by atoms with Gasteiger partial charge in [-0.05, 0) is 35.4 Å². The summed E-state index contributed by atoms with van der Waals surface area (Å²) in [6.07, 6.45) is -5.40. The number of nitrogens with zero attached hydrogens (tertiary/aromatic N) is 2. The van der Waals surface area contributed by atoms with E-state index in [0.717, 1.165) is 24.3 Å². The van der Waals surface area contributed by atoms with Gasteiger partial charge in [0.2, 0.25) is 0 Å². The highest BCUT2D eigenvalue weighted by atomic mass is 19.4. The molecular weight excluding hydrogens is 372 g/mol. The zero-order chi connectivity index (χ0) is 19.7. The Kier molecular flexibility index (Phi) is 4.77. The van der Waals surface area contributed by atoms with Crippen molar-refractivity contribution in [2.45, 2.75) is 12.4 Å². The number of benzene rings is 2. The topological polar surface area (TPSA) is 41.6 Å². The Balaban J connectivity index is 2.02. The van der Waals surface area contributed by atoms with Crippen LogP contribution in [-0.2, 0) is 12.4 Å². The summed E-state index contributed by atoms with van der Waals surface area (Å²) in [5.74, 6) is 0. The van der Waals surface area contributed by atoms with Crippen molar-refractivity contribution >= 4 is 12.2 Å². The van der Waals surface area contributed by atoms with Crippen molar-refractivity contribution in [1.82, 2.24) is 15.4 Å². The lowest BCUT2D eigenvalue weighted by molar-refractivity contribution is -0.138. The van der Waals surface area contributed by atoms with Crippen LogP contribution in [0.1, 0.15) is 22.3 Å². The molecule has 1 heterocycles. The maximum absolute atomic E-state index is 13.3. The first-order valence-electron chi connectivity index (χ1n) is 7.58. The summed E-state index contributed by atoms with van der Waals surface area (Å²) < 4.78 is 78.1. The molecule has 9 heteroatoms. The molecule has 0 amide bonds. The number of H-pyrrole nitrogens is 1. The average molecular weight is 383 g/mol. The Bertz CT molecular complexity index is 956. The fourth-order valence-corrected chi connectivity index (χ4v) is 2.47. The molecule has 1 N–H and O–H groups in total. The van der Waals surface area contributed by atoms with Crippen molar-refractivity contribution < 1.29 is 26.3 Å². The predicted octanol–water partition coefficient (Wildman–Crippen LogP) is 5.68. The number of rotatable bonds is 3. The molecule has 0 saturated heterocycles. The lowest BCUT2D eigenvalue weighted by Crippen LogP contribution is -2.07. The molecule has 0 atom stereocenters. The second-order valence-corrected chi connectivity index (χ2v) is 5.62. The quantitative estimate of drug-likeness (QED) is 0.467. The van der Waals surface area contributed by atoms with Gasteiger partial charge in [0.05, 0.1) is 11.1 Å². The minimum atomic E-state index is -4.62. The van der Waals surface area contributed by atoms with Crippen LogP contribution in [0.3, 0.4) is 0 Å². The van der Waals surface area contributed by atoms with E-state index in [2.05, 4.69) is 15.4 Å². The Hall–Kier alpha value is -3.10. The third-order valence-corrected chi connectivity index (χ3v) is 3.74. The molecule has 3 rings (SSSR count). The highest BCUT2D eigenvalue weighted by Gasteiger charge is 2.33. The molecule has 3 nitrogen and oxygen atoms in total. The van der Waals surface area contributed by atoms with Crippen LogP contribution in [0.25, 0.3) is 23.4 Å². The maximum atomic E-state index is 13.3. The molecule has 1 aromatic heterocycles. The lowest BCUT2D eigenvalue weighted by atomic mass is 10.0. The van der Waals surface area contributed by atoms with Gasteiger partial charge in [-0.1, -0.05) is 35.6 Å². The van der Waals surface area contributed by atoms with Gasteiger partial charge in [0.25, 0.3) is 0 Å². The van der Waals surface area contributed by atoms with Gasteiger partial charge in [0.1, 0.15) is 5.69 Å². The maximum Gasteiger partial charge on any atom is 0.416 e. The number of nitrogens with one attached hydrogen (secondary N) is 1. The summed E-state index contributed by atoms with van der Waals surface area (Å²) in [4.78, 5) is 0. The van der Waals surface area contributed by atoms with E-state index in [0.29, 0.717) is 11.3 Å². The van der Waals surface area contributed by atoms with E-state index >= 15 is 0 Å². The summed E-state index contributed by atoms with van der Waals surface area (Å²) in [5.41, 5.74) is -1.11. The van der Waals surface area contributed by atoms with E-state index < -0.39 is 23.5 Å². The largest absolute Gasteiger partial charge is 0.416 e. The zero-order valence-electron chi connectivity index (χ0n) is 13.4. The number of halogens is 6. The average Bonchev–Trinajstić information content (AvgIpc) is 3.13. The molecule has 27 heavy (non-hydrogen) atoms. The first-order chi connectivity index (χ1) is 12.6. The molecule has 3 aromatic rings. The Morgan fingerprint density at radius 1 is 0.852 bits per heavy atom. The fourth-order valence-electron chi connectivity index (χ4n) is 2.47. The summed E-state index contributed by atoms with van der Waals surface area (Å²) in [5, 5.41) is 9.71. The smallest absolute Gasteiger partial charge is 0.265 e. The Labute approximate surface area is 149 Å². The third-order valence-electron chi connectivity index (χ3n) is 3.74. The lowest BCUT2D eigenvalue weighted by Gasteiger charge is -2.11. The Morgan fingerprint density at radius 3 is 2.26 bits per heavy atom. The van der Waals surface area contributed by atoms with Crippen LogP contribution in [0.5, 0.6) is 0 Å². The summed E-state index contributed by atoms with van der Waals surface area (Å²) >= 11 is 0. The van der Waals surface area contributed by atoms with Crippen LogP contribution < -0.4 is 0 Å².